The van der Waals surface area contributed by atoms with Gasteiger partial charge in [0.05, 0.1) is 0 Å². The Morgan fingerprint density at radius 1 is 1.41 bits per heavy atom. The van der Waals surface area contributed by atoms with Gasteiger partial charge in [0.1, 0.15) is 0 Å². The molecule has 1 aliphatic carbocycles. The van der Waals surface area contributed by atoms with Crippen molar-refractivity contribution >= 4 is 0 Å². The van der Waals surface area contributed by atoms with Crippen LogP contribution in [0.25, 0.3) is 0 Å². The molecular formula is C12H22N4O. The summed E-state index contributed by atoms with van der Waals surface area (Å²) in [5.41, 5.74) is 5.80. The van der Waals surface area contributed by atoms with Crippen LogP contribution in [0.2, 0.25) is 0 Å². The number of hydrogen-bond acceptors (Lipinski definition) is 5. The minimum absolute atomic E-state index is 0.567. The van der Waals surface area contributed by atoms with Gasteiger partial charge >= 0.3 is 0 Å². The lowest BCUT2D eigenvalue weighted by Crippen LogP contribution is -2.42. The van der Waals surface area contributed by atoms with Gasteiger partial charge < -0.3 is 15.6 Å². The fourth-order valence-corrected chi connectivity index (χ4v) is 2.56. The first-order chi connectivity index (χ1) is 8.29. The molecule has 0 aliphatic heterocycles. The number of aryl methyl sites for hydroxylation is 1. The van der Waals surface area contributed by atoms with Crippen molar-refractivity contribution < 1.29 is 4.52 Å². The number of nitrogens with zero attached hydrogens (tertiary/aromatic N) is 2. The number of aromatic nitrogens is 2. The molecule has 0 radical (unpaired) electrons. The first-order valence-electron chi connectivity index (χ1n) is 6.52. The molecule has 0 aromatic carbocycles. The molecule has 0 bridgehead atoms. The summed E-state index contributed by atoms with van der Waals surface area (Å²) in [5, 5.41) is 7.35. The van der Waals surface area contributed by atoms with Crippen molar-refractivity contribution in [1.29, 1.82) is 0 Å². The zero-order valence-corrected chi connectivity index (χ0v) is 10.5. The maximum atomic E-state index is 5.80. The van der Waals surface area contributed by atoms with Crippen molar-refractivity contribution in [3.63, 3.8) is 0 Å². The van der Waals surface area contributed by atoms with Crippen LogP contribution in [-0.4, -0.2) is 29.3 Å². The second-order valence-corrected chi connectivity index (χ2v) is 4.83. The van der Waals surface area contributed by atoms with Gasteiger partial charge in [-0.05, 0) is 32.2 Å². The van der Waals surface area contributed by atoms with Crippen LogP contribution in [0.4, 0.5) is 0 Å². The predicted octanol–water partition coefficient (Wildman–Crippen LogP) is 1.03. The Balaban J connectivity index is 1.73. The standard InChI is InChI=1S/C12H22N4O/c1-9-15-12(17-16-9)6-7-14-11-5-3-2-4-10(11)8-13/h10-11,14H,2-8,13H2,1H3. The summed E-state index contributed by atoms with van der Waals surface area (Å²) in [6, 6.07) is 0.567. The van der Waals surface area contributed by atoms with Crippen LogP contribution in [0, 0.1) is 12.8 Å². The normalized spacial score (nSPS) is 25.1. The molecule has 96 valence electrons. The van der Waals surface area contributed by atoms with E-state index in [1.54, 1.807) is 0 Å². The van der Waals surface area contributed by atoms with Crippen molar-refractivity contribution in [2.45, 2.75) is 45.1 Å². The highest BCUT2D eigenvalue weighted by Crippen LogP contribution is 2.23. The van der Waals surface area contributed by atoms with Gasteiger partial charge in [0.15, 0.2) is 5.82 Å². The highest BCUT2D eigenvalue weighted by molar-refractivity contribution is 4.86. The lowest BCUT2D eigenvalue weighted by molar-refractivity contribution is 0.266. The van der Waals surface area contributed by atoms with Crippen molar-refractivity contribution in [3.8, 4) is 0 Å². The Morgan fingerprint density at radius 3 is 2.94 bits per heavy atom. The molecule has 0 spiro atoms. The van der Waals surface area contributed by atoms with E-state index in [1.807, 2.05) is 6.92 Å². The van der Waals surface area contributed by atoms with Gasteiger partial charge in [0.25, 0.3) is 0 Å². The monoisotopic (exact) mass is 238 g/mol. The predicted molar refractivity (Wildman–Crippen MR) is 65.5 cm³/mol. The smallest absolute Gasteiger partial charge is 0.227 e. The average Bonchev–Trinajstić information content (AvgIpc) is 2.76. The van der Waals surface area contributed by atoms with Gasteiger partial charge in [-0.25, -0.2) is 0 Å². The zero-order valence-electron chi connectivity index (χ0n) is 10.5. The molecule has 3 N–H and O–H groups in total. The van der Waals surface area contributed by atoms with Gasteiger partial charge in [-0.2, -0.15) is 4.98 Å². The maximum absolute atomic E-state index is 5.80. The van der Waals surface area contributed by atoms with E-state index in [4.69, 9.17) is 10.3 Å². The summed E-state index contributed by atoms with van der Waals surface area (Å²) < 4.78 is 5.08. The molecule has 17 heavy (non-hydrogen) atoms. The zero-order chi connectivity index (χ0) is 12.1. The molecule has 5 nitrogen and oxygen atoms in total. The fourth-order valence-electron chi connectivity index (χ4n) is 2.56. The average molecular weight is 238 g/mol. The second-order valence-electron chi connectivity index (χ2n) is 4.83. The van der Waals surface area contributed by atoms with E-state index < -0.39 is 0 Å². The molecule has 0 saturated heterocycles. The van der Waals surface area contributed by atoms with Crippen LogP contribution >= 0.6 is 0 Å². The van der Waals surface area contributed by atoms with Crippen molar-refractivity contribution in [1.82, 2.24) is 15.5 Å². The molecule has 1 aliphatic rings. The summed E-state index contributed by atoms with van der Waals surface area (Å²) in [6.07, 6.45) is 5.93. The molecule has 1 fully saturated rings. The topological polar surface area (TPSA) is 77.0 Å². The van der Waals surface area contributed by atoms with Crippen molar-refractivity contribution in [3.05, 3.63) is 11.7 Å². The SMILES string of the molecule is Cc1noc(CCNC2CCCCC2CN)n1. The highest BCUT2D eigenvalue weighted by Gasteiger charge is 2.23. The summed E-state index contributed by atoms with van der Waals surface area (Å²) >= 11 is 0. The van der Waals surface area contributed by atoms with Crippen LogP contribution in [0.3, 0.4) is 0 Å². The Labute approximate surface area is 102 Å². The lowest BCUT2D eigenvalue weighted by Gasteiger charge is -2.31. The molecule has 1 aromatic heterocycles. The molecule has 1 heterocycles. The third kappa shape index (κ3) is 3.51. The fraction of sp³-hybridized carbons (Fsp3) is 0.833. The number of hydrogen-bond donors (Lipinski definition) is 2. The first-order valence-corrected chi connectivity index (χ1v) is 6.52. The van der Waals surface area contributed by atoms with E-state index in [1.165, 1.54) is 25.7 Å². The van der Waals surface area contributed by atoms with Crippen LogP contribution in [0.5, 0.6) is 0 Å². The van der Waals surface area contributed by atoms with Crippen LogP contribution < -0.4 is 11.1 Å². The summed E-state index contributed by atoms with van der Waals surface area (Å²) in [6.45, 7) is 3.52. The molecule has 0 amide bonds. The summed E-state index contributed by atoms with van der Waals surface area (Å²) in [7, 11) is 0. The number of nitrogens with one attached hydrogen (secondary N) is 1. The van der Waals surface area contributed by atoms with Crippen LogP contribution in [0.1, 0.15) is 37.4 Å². The van der Waals surface area contributed by atoms with Crippen molar-refractivity contribution in [2.75, 3.05) is 13.1 Å². The molecule has 1 saturated carbocycles. The van der Waals surface area contributed by atoms with Crippen LogP contribution in [-0.2, 0) is 6.42 Å². The van der Waals surface area contributed by atoms with Gasteiger partial charge in [-0.3, -0.25) is 0 Å². The van der Waals surface area contributed by atoms with Crippen molar-refractivity contribution in [2.24, 2.45) is 11.7 Å². The highest BCUT2D eigenvalue weighted by atomic mass is 16.5. The maximum Gasteiger partial charge on any atom is 0.227 e. The minimum Gasteiger partial charge on any atom is -0.339 e. The van der Waals surface area contributed by atoms with E-state index >= 15 is 0 Å². The lowest BCUT2D eigenvalue weighted by atomic mass is 9.84. The first kappa shape index (κ1) is 12.5. The number of nitrogens with two attached hydrogens (primary N) is 1. The van der Waals surface area contributed by atoms with E-state index in [0.717, 1.165) is 25.4 Å². The quantitative estimate of drug-likeness (QED) is 0.801. The number of rotatable bonds is 5. The molecule has 2 unspecified atom stereocenters. The van der Waals surface area contributed by atoms with E-state index in [0.29, 0.717) is 17.8 Å². The van der Waals surface area contributed by atoms with E-state index in [2.05, 4.69) is 15.5 Å². The molecular weight excluding hydrogens is 216 g/mol. The molecule has 2 rings (SSSR count). The minimum atomic E-state index is 0.567. The second kappa shape index (κ2) is 6.12. The summed E-state index contributed by atoms with van der Waals surface area (Å²) in [5.74, 6) is 2.06. The van der Waals surface area contributed by atoms with Crippen LogP contribution in [0.15, 0.2) is 4.52 Å². The van der Waals surface area contributed by atoms with Gasteiger partial charge in [-0.15, -0.1) is 0 Å². The van der Waals surface area contributed by atoms with Gasteiger partial charge in [0.2, 0.25) is 5.89 Å². The summed E-state index contributed by atoms with van der Waals surface area (Å²) in [4.78, 5) is 4.19. The Kier molecular flexibility index (Phi) is 4.50. The Hall–Kier alpha value is -0.940. The third-order valence-corrected chi connectivity index (χ3v) is 3.53. The largest absolute Gasteiger partial charge is 0.339 e. The van der Waals surface area contributed by atoms with Gasteiger partial charge in [0, 0.05) is 19.0 Å². The van der Waals surface area contributed by atoms with E-state index in [-0.39, 0.29) is 0 Å². The van der Waals surface area contributed by atoms with E-state index in [9.17, 15) is 0 Å². The molecule has 5 heteroatoms. The Bertz CT molecular complexity index is 339. The molecule has 2 atom stereocenters. The Morgan fingerprint density at radius 2 is 2.24 bits per heavy atom. The van der Waals surface area contributed by atoms with Gasteiger partial charge in [-0.1, -0.05) is 18.0 Å². The third-order valence-electron chi connectivity index (χ3n) is 3.53. The molecule has 1 aromatic rings.